The van der Waals surface area contributed by atoms with Crippen molar-refractivity contribution in [2.24, 2.45) is 5.73 Å². The molecule has 1 saturated heterocycles. The van der Waals surface area contributed by atoms with Gasteiger partial charge in [-0.15, -0.1) is 0 Å². The van der Waals surface area contributed by atoms with Gasteiger partial charge in [-0.25, -0.2) is 0 Å². The second-order valence-electron chi connectivity index (χ2n) is 4.50. The van der Waals surface area contributed by atoms with Crippen molar-refractivity contribution < 1.29 is 5.11 Å². The van der Waals surface area contributed by atoms with E-state index in [9.17, 15) is 5.11 Å². The molecule has 0 radical (unpaired) electrons. The average Bonchev–Trinajstić information content (AvgIpc) is 2.62. The second kappa shape index (κ2) is 4.58. The van der Waals surface area contributed by atoms with Crippen molar-refractivity contribution >= 4 is 22.9 Å². The number of pyridine rings is 1. The number of rotatable bonds is 2. The van der Waals surface area contributed by atoms with Gasteiger partial charge < -0.3 is 15.7 Å². The van der Waals surface area contributed by atoms with Gasteiger partial charge in [0.05, 0.1) is 17.4 Å². The van der Waals surface area contributed by atoms with Crippen molar-refractivity contribution in [2.75, 3.05) is 18.0 Å². The lowest BCUT2D eigenvalue weighted by Gasteiger charge is -2.22. The number of anilines is 1. The molecule has 2 rings (SSSR count). The molecule has 1 fully saturated rings. The lowest BCUT2D eigenvalue weighted by atomic mass is 10.1. The van der Waals surface area contributed by atoms with Crippen LogP contribution in [0.15, 0.2) is 6.07 Å². The molecule has 0 aromatic carbocycles. The van der Waals surface area contributed by atoms with Crippen molar-refractivity contribution in [1.29, 1.82) is 0 Å². The zero-order chi connectivity index (χ0) is 12.6. The fourth-order valence-corrected chi connectivity index (χ4v) is 2.57. The van der Waals surface area contributed by atoms with Gasteiger partial charge in [0.1, 0.15) is 4.99 Å². The highest BCUT2D eigenvalue weighted by atomic mass is 32.1. The number of hydrogen-bond donors (Lipinski definition) is 2. The van der Waals surface area contributed by atoms with E-state index in [1.54, 1.807) is 0 Å². The van der Waals surface area contributed by atoms with Crippen LogP contribution < -0.4 is 10.6 Å². The van der Waals surface area contributed by atoms with Crippen LogP contribution in [0.5, 0.6) is 0 Å². The molecule has 1 aliphatic rings. The minimum Gasteiger partial charge on any atom is -0.391 e. The van der Waals surface area contributed by atoms with E-state index in [0.717, 1.165) is 35.6 Å². The third kappa shape index (κ3) is 2.40. The molecule has 17 heavy (non-hydrogen) atoms. The predicted molar refractivity (Wildman–Crippen MR) is 72.4 cm³/mol. The van der Waals surface area contributed by atoms with Crippen LogP contribution in [0.4, 0.5) is 5.69 Å². The van der Waals surface area contributed by atoms with Crippen molar-refractivity contribution in [1.82, 2.24) is 4.98 Å². The summed E-state index contributed by atoms with van der Waals surface area (Å²) in [6.45, 7) is 5.34. The molecule has 0 amide bonds. The Labute approximate surface area is 106 Å². The maximum Gasteiger partial charge on any atom is 0.107 e. The Hall–Kier alpha value is -1.20. The third-order valence-corrected chi connectivity index (χ3v) is 3.26. The van der Waals surface area contributed by atoms with Crippen molar-refractivity contribution in [3.8, 4) is 0 Å². The van der Waals surface area contributed by atoms with E-state index >= 15 is 0 Å². The van der Waals surface area contributed by atoms with Crippen LogP contribution in [0.1, 0.15) is 23.4 Å². The first-order valence-corrected chi connectivity index (χ1v) is 6.11. The van der Waals surface area contributed by atoms with Gasteiger partial charge in [0.15, 0.2) is 0 Å². The van der Waals surface area contributed by atoms with Crippen LogP contribution in [0.3, 0.4) is 0 Å². The van der Waals surface area contributed by atoms with Crippen molar-refractivity contribution in [2.45, 2.75) is 26.4 Å². The summed E-state index contributed by atoms with van der Waals surface area (Å²) < 4.78 is 0. The maximum atomic E-state index is 9.61. The molecule has 1 aliphatic heterocycles. The zero-order valence-electron chi connectivity index (χ0n) is 10.1. The van der Waals surface area contributed by atoms with Gasteiger partial charge in [-0.05, 0) is 26.3 Å². The summed E-state index contributed by atoms with van der Waals surface area (Å²) >= 11 is 5.09. The normalized spacial score (nSPS) is 19.7. The number of hydrogen-bond acceptors (Lipinski definition) is 4. The Balaban J connectivity index is 2.47. The number of nitrogens with two attached hydrogens (primary N) is 1. The fraction of sp³-hybridized carbons (Fsp3) is 0.500. The number of aliphatic hydroxyl groups is 1. The molecule has 2 heterocycles. The molecule has 0 aliphatic carbocycles. The number of nitrogens with zero attached hydrogens (tertiary/aromatic N) is 2. The van der Waals surface area contributed by atoms with Crippen LogP contribution in [0.25, 0.3) is 0 Å². The summed E-state index contributed by atoms with van der Waals surface area (Å²) in [5.41, 5.74) is 9.40. The summed E-state index contributed by atoms with van der Waals surface area (Å²) in [5.74, 6) is 0. The maximum absolute atomic E-state index is 9.61. The molecule has 1 aromatic rings. The van der Waals surface area contributed by atoms with Crippen LogP contribution in [0.2, 0.25) is 0 Å². The summed E-state index contributed by atoms with van der Waals surface area (Å²) in [6.07, 6.45) is 0.528. The molecule has 0 saturated carbocycles. The Kier molecular flexibility index (Phi) is 3.31. The first kappa shape index (κ1) is 12.3. The van der Waals surface area contributed by atoms with E-state index in [2.05, 4.69) is 9.88 Å². The molecule has 1 atom stereocenters. The van der Waals surface area contributed by atoms with Crippen LogP contribution >= 0.6 is 12.2 Å². The lowest BCUT2D eigenvalue weighted by molar-refractivity contribution is 0.198. The van der Waals surface area contributed by atoms with E-state index in [1.807, 2.05) is 19.9 Å². The van der Waals surface area contributed by atoms with E-state index in [0.29, 0.717) is 11.5 Å². The number of aliphatic hydroxyl groups excluding tert-OH is 1. The van der Waals surface area contributed by atoms with Gasteiger partial charge in [0.2, 0.25) is 0 Å². The van der Waals surface area contributed by atoms with Gasteiger partial charge in [-0.3, -0.25) is 4.98 Å². The zero-order valence-corrected chi connectivity index (χ0v) is 10.9. The van der Waals surface area contributed by atoms with E-state index in [-0.39, 0.29) is 6.10 Å². The smallest absolute Gasteiger partial charge is 0.107 e. The number of β-amino-alcohol motifs (C(OH)–C–C–N with tert-alkyl or cyclic N) is 1. The molecular weight excluding hydrogens is 234 g/mol. The molecule has 3 N–H and O–H groups in total. The van der Waals surface area contributed by atoms with Crippen molar-refractivity contribution in [3.05, 3.63) is 23.0 Å². The number of aryl methyl sites for hydroxylation is 2. The molecule has 4 nitrogen and oxygen atoms in total. The highest BCUT2D eigenvalue weighted by molar-refractivity contribution is 7.80. The largest absolute Gasteiger partial charge is 0.391 e. The van der Waals surface area contributed by atoms with Gasteiger partial charge >= 0.3 is 0 Å². The van der Waals surface area contributed by atoms with Crippen LogP contribution in [-0.2, 0) is 0 Å². The summed E-state index contributed by atoms with van der Waals surface area (Å²) in [6, 6.07) is 1.99. The fourth-order valence-electron chi connectivity index (χ4n) is 2.32. The minimum atomic E-state index is -0.261. The minimum absolute atomic E-state index is 0.261. The van der Waals surface area contributed by atoms with Crippen molar-refractivity contribution in [3.63, 3.8) is 0 Å². The first-order chi connectivity index (χ1) is 7.99. The van der Waals surface area contributed by atoms with Crippen LogP contribution in [-0.4, -0.2) is 34.3 Å². The molecule has 1 aromatic heterocycles. The highest BCUT2D eigenvalue weighted by Gasteiger charge is 2.24. The van der Waals surface area contributed by atoms with Gasteiger partial charge in [-0.2, -0.15) is 0 Å². The first-order valence-electron chi connectivity index (χ1n) is 5.70. The van der Waals surface area contributed by atoms with Gasteiger partial charge in [0.25, 0.3) is 0 Å². The average molecular weight is 251 g/mol. The van der Waals surface area contributed by atoms with E-state index < -0.39 is 0 Å². The number of aromatic nitrogens is 1. The molecular formula is C12H17N3OS. The molecule has 92 valence electrons. The van der Waals surface area contributed by atoms with E-state index in [1.165, 1.54) is 0 Å². The molecule has 0 spiro atoms. The van der Waals surface area contributed by atoms with Gasteiger partial charge in [-0.1, -0.05) is 12.2 Å². The Bertz CT molecular complexity index is 461. The summed E-state index contributed by atoms with van der Waals surface area (Å²) in [5, 5.41) is 9.61. The Morgan fingerprint density at radius 3 is 2.82 bits per heavy atom. The summed E-state index contributed by atoms with van der Waals surface area (Å²) in [7, 11) is 0. The molecule has 5 heteroatoms. The van der Waals surface area contributed by atoms with Gasteiger partial charge in [0, 0.05) is 24.5 Å². The number of thiocarbonyl (C=S) groups is 1. The third-order valence-electron chi connectivity index (χ3n) is 3.06. The SMILES string of the molecule is Cc1cc(N2CCC(O)C2)c(C(N)=S)c(C)n1. The monoisotopic (exact) mass is 251 g/mol. The predicted octanol–water partition coefficient (Wildman–Crippen LogP) is 0.904. The Morgan fingerprint density at radius 2 is 2.29 bits per heavy atom. The summed E-state index contributed by atoms with van der Waals surface area (Å²) in [4.78, 5) is 6.88. The molecule has 1 unspecified atom stereocenters. The quantitative estimate of drug-likeness (QED) is 0.765. The highest BCUT2D eigenvalue weighted by Crippen LogP contribution is 2.27. The van der Waals surface area contributed by atoms with E-state index in [4.69, 9.17) is 18.0 Å². The lowest BCUT2D eigenvalue weighted by Crippen LogP contribution is -2.26. The standard InChI is InChI=1S/C12H17N3OS/c1-7-5-10(15-4-3-9(16)6-15)11(12(13)17)8(2)14-7/h5,9,16H,3-4,6H2,1-2H3,(H2,13,17). The molecule has 0 bridgehead atoms. The Morgan fingerprint density at radius 1 is 1.59 bits per heavy atom. The second-order valence-corrected chi connectivity index (χ2v) is 4.94. The van der Waals surface area contributed by atoms with Crippen LogP contribution in [0, 0.1) is 13.8 Å². The topological polar surface area (TPSA) is 62.4 Å².